The van der Waals surface area contributed by atoms with Crippen LogP contribution >= 0.6 is 0 Å². The summed E-state index contributed by atoms with van der Waals surface area (Å²) >= 11 is 0. The van der Waals surface area contributed by atoms with Crippen molar-refractivity contribution in [2.24, 2.45) is 0 Å². The quantitative estimate of drug-likeness (QED) is 0.717. The van der Waals surface area contributed by atoms with Gasteiger partial charge in [0.2, 0.25) is 5.91 Å². The van der Waals surface area contributed by atoms with Crippen LogP contribution in [0.1, 0.15) is 18.5 Å². The fraction of sp³-hybridized carbons (Fsp3) is 0.350. The van der Waals surface area contributed by atoms with E-state index >= 15 is 0 Å². The fourth-order valence-corrected chi connectivity index (χ4v) is 4.04. The summed E-state index contributed by atoms with van der Waals surface area (Å²) in [7, 11) is -1.46. The molecule has 0 radical (unpaired) electrons. The molecule has 0 aliphatic carbocycles. The molecule has 1 heterocycles. The van der Waals surface area contributed by atoms with Crippen molar-refractivity contribution in [1.82, 2.24) is 9.62 Å². The normalized spacial score (nSPS) is 14.3. The van der Waals surface area contributed by atoms with Gasteiger partial charge in [-0.1, -0.05) is 18.2 Å². The van der Waals surface area contributed by atoms with Crippen LogP contribution in [0.4, 0.5) is 10.1 Å². The Morgan fingerprint density at radius 1 is 1.13 bits per heavy atom. The van der Waals surface area contributed by atoms with Gasteiger partial charge in [0.15, 0.2) is 11.5 Å². The molecule has 0 bridgehead atoms. The molecule has 1 N–H and O–H groups in total. The Hall–Kier alpha value is -2.85. The third kappa shape index (κ3) is 4.65. The van der Waals surface area contributed by atoms with Crippen molar-refractivity contribution in [3.8, 4) is 11.5 Å². The van der Waals surface area contributed by atoms with Crippen molar-refractivity contribution >= 4 is 21.8 Å². The van der Waals surface area contributed by atoms with Gasteiger partial charge in [-0.2, -0.15) is 12.7 Å². The third-order valence-corrected chi connectivity index (χ3v) is 6.40. The molecular formula is C20H24FN3O5S. The van der Waals surface area contributed by atoms with Crippen LogP contribution in [0.2, 0.25) is 0 Å². The van der Waals surface area contributed by atoms with Crippen LogP contribution in [0.25, 0.3) is 0 Å². The van der Waals surface area contributed by atoms with Crippen molar-refractivity contribution in [3.05, 3.63) is 53.8 Å². The van der Waals surface area contributed by atoms with Crippen LogP contribution in [0.15, 0.2) is 42.5 Å². The Labute approximate surface area is 175 Å². The molecule has 0 unspecified atom stereocenters. The number of nitrogens with one attached hydrogen (secondary N) is 1. The van der Waals surface area contributed by atoms with Crippen molar-refractivity contribution in [2.75, 3.05) is 38.2 Å². The smallest absolute Gasteiger partial charge is 0.304 e. The standard InChI is InChI=1S/C20H24FN3O5S/c1-14(15-8-9-18-19(12-15)29-11-10-28-18)22-20(25)13-24(30(26,27)23(2)3)17-7-5-4-6-16(17)21/h4-9,12,14H,10-11,13H2,1-3H3,(H,22,25)/t14-/m0/s1. The number of nitrogens with zero attached hydrogens (tertiary/aromatic N) is 2. The summed E-state index contributed by atoms with van der Waals surface area (Å²) < 4.78 is 52.4. The number of halogens is 1. The lowest BCUT2D eigenvalue weighted by molar-refractivity contribution is -0.120. The van der Waals surface area contributed by atoms with E-state index in [9.17, 15) is 17.6 Å². The highest BCUT2D eigenvalue weighted by Gasteiger charge is 2.29. The maximum absolute atomic E-state index is 14.3. The molecule has 0 spiro atoms. The van der Waals surface area contributed by atoms with Gasteiger partial charge in [-0.3, -0.25) is 4.79 Å². The predicted octanol–water partition coefficient (Wildman–Crippen LogP) is 2.09. The zero-order valence-electron chi connectivity index (χ0n) is 17.0. The SMILES string of the molecule is C[C@H](NC(=O)CN(c1ccccc1F)S(=O)(=O)N(C)C)c1ccc2c(c1)OCCO2. The van der Waals surface area contributed by atoms with E-state index in [2.05, 4.69) is 5.32 Å². The molecule has 162 valence electrons. The molecule has 8 nitrogen and oxygen atoms in total. The number of anilines is 1. The Morgan fingerprint density at radius 3 is 2.47 bits per heavy atom. The number of amides is 1. The lowest BCUT2D eigenvalue weighted by Gasteiger charge is -2.28. The van der Waals surface area contributed by atoms with E-state index in [-0.39, 0.29) is 5.69 Å². The Morgan fingerprint density at radius 2 is 1.80 bits per heavy atom. The maximum atomic E-state index is 14.3. The number of hydrogen-bond acceptors (Lipinski definition) is 5. The van der Waals surface area contributed by atoms with E-state index in [1.807, 2.05) is 0 Å². The molecule has 1 amide bonds. The van der Waals surface area contributed by atoms with E-state index in [0.29, 0.717) is 24.7 Å². The third-order valence-electron chi connectivity index (χ3n) is 4.59. The highest BCUT2D eigenvalue weighted by Crippen LogP contribution is 2.32. The number of carbonyl (C=O) groups excluding carboxylic acids is 1. The molecule has 0 aromatic heterocycles. The minimum absolute atomic E-state index is 0.201. The first-order valence-corrected chi connectivity index (χ1v) is 10.7. The highest BCUT2D eigenvalue weighted by molar-refractivity contribution is 7.90. The number of carbonyl (C=O) groups is 1. The molecule has 0 saturated heterocycles. The topological polar surface area (TPSA) is 88.2 Å². The van der Waals surface area contributed by atoms with Crippen molar-refractivity contribution in [3.63, 3.8) is 0 Å². The molecule has 1 aliphatic rings. The average molecular weight is 437 g/mol. The number of benzene rings is 2. The van der Waals surface area contributed by atoms with Gasteiger partial charge in [0.05, 0.1) is 11.7 Å². The van der Waals surface area contributed by atoms with Gasteiger partial charge in [-0.25, -0.2) is 8.70 Å². The monoisotopic (exact) mass is 437 g/mol. The van der Waals surface area contributed by atoms with Crippen molar-refractivity contribution < 1.29 is 27.1 Å². The molecule has 0 fully saturated rings. The fourth-order valence-electron chi connectivity index (χ4n) is 2.97. The Kier molecular flexibility index (Phi) is 6.47. The lowest BCUT2D eigenvalue weighted by Crippen LogP contribution is -2.46. The lowest BCUT2D eigenvalue weighted by atomic mass is 10.1. The molecule has 1 atom stereocenters. The van der Waals surface area contributed by atoms with Gasteiger partial charge in [0, 0.05) is 14.1 Å². The molecule has 1 aliphatic heterocycles. The van der Waals surface area contributed by atoms with Crippen LogP contribution in [0.5, 0.6) is 11.5 Å². The van der Waals surface area contributed by atoms with Gasteiger partial charge in [0.25, 0.3) is 0 Å². The van der Waals surface area contributed by atoms with Gasteiger partial charge < -0.3 is 14.8 Å². The first-order valence-electron chi connectivity index (χ1n) is 9.34. The molecule has 0 saturated carbocycles. The van der Waals surface area contributed by atoms with Crippen LogP contribution in [0.3, 0.4) is 0 Å². The maximum Gasteiger partial charge on any atom is 0.304 e. The highest BCUT2D eigenvalue weighted by atomic mass is 32.2. The molecule has 2 aromatic rings. The summed E-state index contributed by atoms with van der Waals surface area (Å²) in [6, 6.07) is 10.3. The summed E-state index contributed by atoms with van der Waals surface area (Å²) in [5.41, 5.74) is 0.564. The number of hydrogen-bond donors (Lipinski definition) is 1. The Bertz CT molecular complexity index is 1030. The van der Waals surface area contributed by atoms with E-state index in [0.717, 1.165) is 20.2 Å². The second kappa shape index (κ2) is 8.88. The summed E-state index contributed by atoms with van der Waals surface area (Å²) in [5.74, 6) is -0.101. The second-order valence-corrected chi connectivity index (χ2v) is 9.01. The van der Waals surface area contributed by atoms with E-state index in [1.54, 1.807) is 25.1 Å². The first-order chi connectivity index (χ1) is 14.2. The van der Waals surface area contributed by atoms with E-state index in [4.69, 9.17) is 9.47 Å². The molecule has 2 aromatic carbocycles. The summed E-state index contributed by atoms with van der Waals surface area (Å²) in [4.78, 5) is 12.7. The zero-order valence-corrected chi connectivity index (χ0v) is 17.8. The van der Waals surface area contributed by atoms with Crippen LogP contribution in [0, 0.1) is 5.82 Å². The van der Waals surface area contributed by atoms with Crippen LogP contribution in [-0.4, -0.2) is 52.5 Å². The van der Waals surface area contributed by atoms with Crippen molar-refractivity contribution in [1.29, 1.82) is 0 Å². The summed E-state index contributed by atoms with van der Waals surface area (Å²) in [5, 5.41) is 2.75. The van der Waals surface area contributed by atoms with Gasteiger partial charge in [-0.05, 0) is 36.8 Å². The zero-order chi connectivity index (χ0) is 21.9. The van der Waals surface area contributed by atoms with Gasteiger partial charge >= 0.3 is 10.2 Å². The number of ether oxygens (including phenoxy) is 2. The average Bonchev–Trinajstić information content (AvgIpc) is 2.72. The van der Waals surface area contributed by atoms with Gasteiger partial charge in [-0.15, -0.1) is 0 Å². The first kappa shape index (κ1) is 21.8. The molecule has 10 heteroatoms. The van der Waals surface area contributed by atoms with E-state index in [1.165, 1.54) is 32.3 Å². The Balaban J connectivity index is 1.78. The summed E-state index contributed by atoms with van der Waals surface area (Å²) in [6.07, 6.45) is 0. The number of para-hydroxylation sites is 1. The largest absolute Gasteiger partial charge is 0.486 e. The second-order valence-electron chi connectivity index (χ2n) is 6.94. The molecular weight excluding hydrogens is 413 g/mol. The number of rotatable bonds is 7. The molecule has 30 heavy (non-hydrogen) atoms. The molecule has 3 rings (SSSR count). The summed E-state index contributed by atoms with van der Waals surface area (Å²) in [6.45, 7) is 2.11. The predicted molar refractivity (Wildman–Crippen MR) is 110 cm³/mol. The number of fused-ring (bicyclic) bond motifs is 1. The minimum Gasteiger partial charge on any atom is -0.486 e. The minimum atomic E-state index is -4.09. The van der Waals surface area contributed by atoms with Crippen LogP contribution in [-0.2, 0) is 15.0 Å². The van der Waals surface area contributed by atoms with Crippen molar-refractivity contribution in [2.45, 2.75) is 13.0 Å². The van der Waals surface area contributed by atoms with Crippen LogP contribution < -0.4 is 19.1 Å². The van der Waals surface area contributed by atoms with Gasteiger partial charge in [0.1, 0.15) is 25.6 Å². The van der Waals surface area contributed by atoms with E-state index < -0.39 is 34.5 Å².